The Hall–Kier alpha value is -3.93. The van der Waals surface area contributed by atoms with Crippen molar-refractivity contribution in [2.45, 2.75) is 5.92 Å². The van der Waals surface area contributed by atoms with Gasteiger partial charge >= 0.3 is 6.09 Å². The minimum atomic E-state index is -0.533. The Labute approximate surface area is 174 Å². The lowest BCUT2D eigenvalue weighted by molar-refractivity contribution is 0.0999. The van der Waals surface area contributed by atoms with Crippen LogP contribution in [0.5, 0.6) is 0 Å². The second-order valence-corrected chi connectivity index (χ2v) is 6.98. The first-order chi connectivity index (χ1) is 14.6. The Bertz CT molecular complexity index is 1080. The summed E-state index contributed by atoms with van der Waals surface area (Å²) < 4.78 is 5.49. The summed E-state index contributed by atoms with van der Waals surface area (Å²) in [6.45, 7) is 0.561. The predicted molar refractivity (Wildman–Crippen MR) is 115 cm³/mol. The topological polar surface area (TPSA) is 94.3 Å². The van der Waals surface area contributed by atoms with Crippen LogP contribution in [0.2, 0.25) is 0 Å². The zero-order valence-corrected chi connectivity index (χ0v) is 16.2. The van der Waals surface area contributed by atoms with Crippen molar-refractivity contribution < 1.29 is 14.3 Å². The van der Waals surface area contributed by atoms with Crippen molar-refractivity contribution in [2.75, 3.05) is 13.2 Å². The highest BCUT2D eigenvalue weighted by atomic mass is 16.5. The quantitative estimate of drug-likeness (QED) is 0.660. The molecule has 0 atom stereocenters. The van der Waals surface area contributed by atoms with Crippen molar-refractivity contribution in [3.05, 3.63) is 95.3 Å². The predicted octanol–water partition coefficient (Wildman–Crippen LogP) is 3.73. The zero-order valence-electron chi connectivity index (χ0n) is 16.2. The summed E-state index contributed by atoms with van der Waals surface area (Å²) in [5.74, 6) is -0.504. The molecule has 0 unspecified atom stereocenters. The molecule has 0 saturated carbocycles. The van der Waals surface area contributed by atoms with Crippen molar-refractivity contribution in [1.82, 2.24) is 10.3 Å². The monoisotopic (exact) mass is 399 g/mol. The van der Waals surface area contributed by atoms with Gasteiger partial charge in [-0.1, -0.05) is 60.7 Å². The van der Waals surface area contributed by atoms with E-state index >= 15 is 0 Å². The third-order valence-electron chi connectivity index (χ3n) is 5.06. The fraction of sp³-hybridized carbons (Fsp3) is 0.125. The Kier molecular flexibility index (Phi) is 5.57. The van der Waals surface area contributed by atoms with Crippen LogP contribution in [-0.2, 0) is 4.74 Å². The molecule has 4 rings (SSSR count). The Balaban J connectivity index is 1.32. The van der Waals surface area contributed by atoms with E-state index in [1.165, 1.54) is 28.5 Å². The molecule has 6 heteroatoms. The van der Waals surface area contributed by atoms with Crippen LogP contribution in [0, 0.1) is 0 Å². The van der Waals surface area contributed by atoms with Crippen molar-refractivity contribution >= 4 is 18.1 Å². The number of amides is 2. The van der Waals surface area contributed by atoms with Crippen molar-refractivity contribution in [2.24, 2.45) is 5.73 Å². The highest BCUT2D eigenvalue weighted by Gasteiger charge is 2.28. The average Bonchev–Trinajstić information content (AvgIpc) is 3.09. The lowest BCUT2D eigenvalue weighted by Gasteiger charge is -2.14. The van der Waals surface area contributed by atoms with Crippen LogP contribution in [-0.4, -0.2) is 30.1 Å². The van der Waals surface area contributed by atoms with Gasteiger partial charge in [-0.25, -0.2) is 4.79 Å². The van der Waals surface area contributed by atoms with Crippen LogP contribution in [0.4, 0.5) is 4.79 Å². The second-order valence-electron chi connectivity index (χ2n) is 6.98. The van der Waals surface area contributed by atoms with Crippen molar-refractivity contribution in [3.63, 3.8) is 0 Å². The summed E-state index contributed by atoms with van der Waals surface area (Å²) in [6, 6.07) is 18.0. The molecule has 1 aliphatic rings. The molecule has 30 heavy (non-hydrogen) atoms. The summed E-state index contributed by atoms with van der Waals surface area (Å²) in [6.07, 6.45) is 6.04. The number of ether oxygens (including phenoxy) is 1. The Morgan fingerprint density at radius 3 is 2.37 bits per heavy atom. The number of fused-ring (bicyclic) bond motifs is 3. The summed E-state index contributed by atoms with van der Waals surface area (Å²) >= 11 is 0. The summed E-state index contributed by atoms with van der Waals surface area (Å²) in [4.78, 5) is 27.3. The maximum Gasteiger partial charge on any atom is 0.407 e. The number of carbonyl (C=O) groups excluding carboxylic acids is 2. The molecule has 2 aromatic carbocycles. The van der Waals surface area contributed by atoms with E-state index in [-0.39, 0.29) is 19.1 Å². The van der Waals surface area contributed by atoms with Gasteiger partial charge < -0.3 is 15.8 Å². The van der Waals surface area contributed by atoms with Crippen LogP contribution in [0.25, 0.3) is 17.2 Å². The van der Waals surface area contributed by atoms with Gasteiger partial charge in [-0.3, -0.25) is 9.78 Å². The van der Waals surface area contributed by atoms with E-state index < -0.39 is 12.0 Å². The molecule has 1 aliphatic carbocycles. The number of nitrogens with one attached hydrogen (secondary N) is 1. The van der Waals surface area contributed by atoms with Crippen LogP contribution < -0.4 is 11.1 Å². The molecular weight excluding hydrogens is 378 g/mol. The van der Waals surface area contributed by atoms with Crippen LogP contribution in [0.3, 0.4) is 0 Å². The van der Waals surface area contributed by atoms with Gasteiger partial charge in [-0.2, -0.15) is 0 Å². The first-order valence-corrected chi connectivity index (χ1v) is 9.63. The number of aromatic nitrogens is 1. The molecule has 0 radical (unpaired) electrons. The molecule has 0 aliphatic heterocycles. The third-order valence-corrected chi connectivity index (χ3v) is 5.06. The normalized spacial score (nSPS) is 12.4. The van der Waals surface area contributed by atoms with E-state index in [1.54, 1.807) is 24.4 Å². The molecule has 0 saturated heterocycles. The first kappa shape index (κ1) is 19.4. The highest BCUT2D eigenvalue weighted by molar-refractivity contribution is 5.92. The number of nitrogens with two attached hydrogens (primary N) is 1. The number of primary amides is 1. The standard InChI is InChI=1S/C24H21N3O3/c25-23(28)17-12-16(13-26-14-17)6-5-11-27-24(29)30-15-22-20-9-3-1-7-18(20)19-8-2-4-10-21(19)22/h1-10,12-14,22H,11,15H2,(H2,25,28)(H,27,29). The van der Waals surface area contributed by atoms with E-state index in [2.05, 4.69) is 34.6 Å². The van der Waals surface area contributed by atoms with Gasteiger partial charge in [-0.15, -0.1) is 0 Å². The highest BCUT2D eigenvalue weighted by Crippen LogP contribution is 2.44. The van der Waals surface area contributed by atoms with Crippen molar-refractivity contribution in [3.8, 4) is 11.1 Å². The SMILES string of the molecule is NC(=O)c1cncc(C=CCNC(=O)OCC2c3ccccc3-c3ccccc32)c1. The average molecular weight is 399 g/mol. The molecular formula is C24H21N3O3. The van der Waals surface area contributed by atoms with Gasteiger partial charge in [0.15, 0.2) is 0 Å². The Morgan fingerprint density at radius 1 is 1.03 bits per heavy atom. The number of nitrogens with zero attached hydrogens (tertiary/aromatic N) is 1. The molecule has 3 aromatic rings. The van der Waals surface area contributed by atoms with Gasteiger partial charge in [0.05, 0.1) is 5.56 Å². The maximum atomic E-state index is 12.1. The van der Waals surface area contributed by atoms with Crippen molar-refractivity contribution in [1.29, 1.82) is 0 Å². The van der Waals surface area contributed by atoms with Crippen LogP contribution >= 0.6 is 0 Å². The van der Waals surface area contributed by atoms with E-state index in [1.807, 2.05) is 24.3 Å². The summed E-state index contributed by atoms with van der Waals surface area (Å²) in [5, 5.41) is 2.70. The first-order valence-electron chi connectivity index (χ1n) is 9.63. The minimum Gasteiger partial charge on any atom is -0.449 e. The number of benzene rings is 2. The van der Waals surface area contributed by atoms with Crippen LogP contribution in [0.1, 0.15) is 33.0 Å². The number of rotatable bonds is 6. The van der Waals surface area contributed by atoms with Gasteiger partial charge in [-0.05, 0) is 33.9 Å². The van der Waals surface area contributed by atoms with E-state index in [9.17, 15) is 9.59 Å². The van der Waals surface area contributed by atoms with E-state index in [4.69, 9.17) is 10.5 Å². The zero-order chi connectivity index (χ0) is 20.9. The van der Waals surface area contributed by atoms with Gasteiger partial charge in [0.25, 0.3) is 0 Å². The smallest absolute Gasteiger partial charge is 0.407 e. The summed E-state index contributed by atoms with van der Waals surface area (Å²) in [7, 11) is 0. The number of alkyl carbamates (subject to hydrolysis) is 1. The number of hydrogen-bond donors (Lipinski definition) is 2. The number of pyridine rings is 1. The summed E-state index contributed by atoms with van der Waals surface area (Å²) in [5.41, 5.74) is 11.0. The maximum absolute atomic E-state index is 12.1. The molecule has 1 heterocycles. The minimum absolute atomic E-state index is 0.0290. The molecule has 0 bridgehead atoms. The molecule has 0 fully saturated rings. The third kappa shape index (κ3) is 4.07. The van der Waals surface area contributed by atoms with Gasteiger partial charge in [0.2, 0.25) is 5.91 Å². The number of carbonyl (C=O) groups is 2. The van der Waals surface area contributed by atoms with E-state index in [0.717, 1.165) is 5.56 Å². The molecule has 6 nitrogen and oxygen atoms in total. The second kappa shape index (κ2) is 8.61. The van der Waals surface area contributed by atoms with Crippen LogP contribution in [0.15, 0.2) is 73.1 Å². The van der Waals surface area contributed by atoms with Gasteiger partial charge in [0, 0.05) is 24.9 Å². The number of hydrogen-bond acceptors (Lipinski definition) is 4. The molecule has 3 N–H and O–H groups in total. The Morgan fingerprint density at radius 2 is 1.70 bits per heavy atom. The fourth-order valence-corrected chi connectivity index (χ4v) is 3.67. The molecule has 2 amide bonds. The lowest BCUT2D eigenvalue weighted by Crippen LogP contribution is -2.26. The molecule has 150 valence electrons. The van der Waals surface area contributed by atoms with Gasteiger partial charge in [0.1, 0.15) is 6.61 Å². The lowest BCUT2D eigenvalue weighted by atomic mass is 9.98. The molecule has 1 aromatic heterocycles. The molecule has 0 spiro atoms. The largest absolute Gasteiger partial charge is 0.449 e. The fourth-order valence-electron chi connectivity index (χ4n) is 3.67. The van der Waals surface area contributed by atoms with E-state index in [0.29, 0.717) is 5.56 Å².